The Labute approximate surface area is 168 Å². The Bertz CT molecular complexity index is 767. The Morgan fingerprint density at radius 1 is 1.23 bits per heavy atom. The average molecular weight is 440 g/mol. The largest absolute Gasteiger partial charge is 0.400 e. The van der Waals surface area contributed by atoms with Gasteiger partial charge in [0.2, 0.25) is 0 Å². The molecule has 26 heavy (non-hydrogen) atoms. The van der Waals surface area contributed by atoms with Crippen molar-refractivity contribution in [2.24, 2.45) is 4.99 Å². The average Bonchev–Trinajstić information content (AvgIpc) is 2.79. The Hall–Kier alpha value is -1.40. The molecule has 0 bridgehead atoms. The summed E-state index contributed by atoms with van der Waals surface area (Å²) in [6.45, 7) is 4.05. The second-order valence-corrected chi connectivity index (χ2v) is 7.08. The molecule has 2 aromatic rings. The third kappa shape index (κ3) is 4.65. The first-order chi connectivity index (χ1) is 12.6. The lowest BCUT2D eigenvalue weighted by Gasteiger charge is -2.28. The fraction of sp³-hybridized carbons (Fsp3) is 0.350. The number of anilines is 1. The molecule has 1 atom stereocenters. The highest BCUT2D eigenvalue weighted by molar-refractivity contribution is 9.10. The van der Waals surface area contributed by atoms with Crippen LogP contribution in [0.2, 0.25) is 5.02 Å². The second-order valence-electron chi connectivity index (χ2n) is 5.75. The van der Waals surface area contributed by atoms with Gasteiger partial charge in [0, 0.05) is 47.1 Å². The van der Waals surface area contributed by atoms with Gasteiger partial charge in [-0.3, -0.25) is 4.99 Å². The third-order valence-corrected chi connectivity index (χ3v) is 5.07. The number of likely N-dealkylation sites (N-methyl/N-ethyl adjacent to an activating group) is 1. The van der Waals surface area contributed by atoms with E-state index in [4.69, 9.17) is 26.4 Å². The van der Waals surface area contributed by atoms with E-state index in [2.05, 4.69) is 46.1 Å². The topological polar surface area (TPSA) is 45.1 Å². The van der Waals surface area contributed by atoms with Crippen LogP contribution in [0.5, 0.6) is 0 Å². The van der Waals surface area contributed by atoms with Gasteiger partial charge in [-0.05, 0) is 31.2 Å². The van der Waals surface area contributed by atoms with E-state index in [1.165, 1.54) is 0 Å². The maximum Gasteiger partial charge on any atom is 0.0756 e. The SMILES string of the molecule is CCOCC1CN=C(c2ccccc2Cl)c2cc(Br)ccc2N1C.CO. The van der Waals surface area contributed by atoms with Crippen LogP contribution in [-0.4, -0.2) is 50.8 Å². The van der Waals surface area contributed by atoms with E-state index >= 15 is 0 Å². The maximum atomic E-state index is 7.00. The number of nitrogens with zero attached hydrogens (tertiary/aromatic N) is 2. The molecule has 0 aliphatic carbocycles. The maximum absolute atomic E-state index is 7.00. The van der Waals surface area contributed by atoms with Crippen molar-refractivity contribution in [1.82, 2.24) is 0 Å². The minimum absolute atomic E-state index is 0.199. The molecule has 0 radical (unpaired) electrons. The van der Waals surface area contributed by atoms with Crippen LogP contribution in [0, 0.1) is 0 Å². The van der Waals surface area contributed by atoms with E-state index in [1.54, 1.807) is 0 Å². The number of halogens is 2. The summed E-state index contributed by atoms with van der Waals surface area (Å²) in [5.41, 5.74) is 4.12. The molecule has 1 aliphatic rings. The Balaban J connectivity index is 0.00000117. The standard InChI is InChI=1S/C19H20BrClN2O.CH4O/c1-3-24-12-14-11-22-19(15-6-4-5-7-17(15)21)16-10-13(20)8-9-18(16)23(14)2;1-2/h4-10,14H,3,11-12H2,1-2H3;2H,1H3. The predicted molar refractivity (Wildman–Crippen MR) is 113 cm³/mol. The van der Waals surface area contributed by atoms with Gasteiger partial charge in [-0.2, -0.15) is 0 Å². The molecule has 6 heteroatoms. The molecule has 4 nitrogen and oxygen atoms in total. The van der Waals surface area contributed by atoms with E-state index in [0.29, 0.717) is 24.8 Å². The monoisotopic (exact) mass is 438 g/mol. The highest BCUT2D eigenvalue weighted by atomic mass is 79.9. The number of aliphatic imine (C=N–C) groups is 1. The Kier molecular flexibility index (Phi) is 8.10. The number of fused-ring (bicyclic) bond motifs is 1. The lowest BCUT2D eigenvalue weighted by Crippen LogP contribution is -2.37. The van der Waals surface area contributed by atoms with Crippen molar-refractivity contribution in [3.63, 3.8) is 0 Å². The molecule has 1 N–H and O–H groups in total. The first-order valence-electron chi connectivity index (χ1n) is 8.46. The molecule has 0 fully saturated rings. The van der Waals surface area contributed by atoms with Crippen molar-refractivity contribution in [2.75, 3.05) is 38.8 Å². The minimum atomic E-state index is 0.199. The summed E-state index contributed by atoms with van der Waals surface area (Å²) in [6.07, 6.45) is 0. The van der Waals surface area contributed by atoms with Gasteiger partial charge in [0.25, 0.3) is 0 Å². The molecule has 0 saturated carbocycles. The van der Waals surface area contributed by atoms with Crippen LogP contribution in [-0.2, 0) is 4.74 Å². The number of benzene rings is 2. The number of benzodiazepines with no additional fused rings is 1. The van der Waals surface area contributed by atoms with Crippen LogP contribution in [0.1, 0.15) is 18.1 Å². The predicted octanol–water partition coefficient (Wildman–Crippen LogP) is 4.40. The molecule has 0 saturated heterocycles. The fourth-order valence-corrected chi connectivity index (χ4v) is 3.49. The Morgan fingerprint density at radius 3 is 2.65 bits per heavy atom. The van der Waals surface area contributed by atoms with Crippen molar-refractivity contribution < 1.29 is 9.84 Å². The molecule has 140 valence electrons. The van der Waals surface area contributed by atoms with E-state index in [9.17, 15) is 0 Å². The minimum Gasteiger partial charge on any atom is -0.400 e. The molecule has 1 heterocycles. The van der Waals surface area contributed by atoms with Crippen molar-refractivity contribution in [3.8, 4) is 0 Å². The summed E-state index contributed by atoms with van der Waals surface area (Å²) in [6, 6.07) is 14.3. The summed E-state index contributed by atoms with van der Waals surface area (Å²) < 4.78 is 6.68. The van der Waals surface area contributed by atoms with Crippen molar-refractivity contribution in [3.05, 3.63) is 63.1 Å². The number of aliphatic hydroxyl groups is 1. The smallest absolute Gasteiger partial charge is 0.0756 e. The molecule has 0 aromatic heterocycles. The van der Waals surface area contributed by atoms with Gasteiger partial charge in [-0.1, -0.05) is 45.7 Å². The van der Waals surface area contributed by atoms with Gasteiger partial charge < -0.3 is 14.7 Å². The normalized spacial score (nSPS) is 16.2. The van der Waals surface area contributed by atoms with Gasteiger partial charge in [0.1, 0.15) is 0 Å². The van der Waals surface area contributed by atoms with Crippen molar-refractivity contribution in [1.29, 1.82) is 0 Å². The van der Waals surface area contributed by atoms with Gasteiger partial charge in [-0.25, -0.2) is 0 Å². The highest BCUT2D eigenvalue weighted by Crippen LogP contribution is 2.32. The van der Waals surface area contributed by atoms with Gasteiger partial charge in [0.15, 0.2) is 0 Å². The molecule has 1 aliphatic heterocycles. The zero-order chi connectivity index (χ0) is 19.1. The number of hydrogen-bond acceptors (Lipinski definition) is 4. The summed E-state index contributed by atoms with van der Waals surface area (Å²) in [5, 5.41) is 7.72. The number of rotatable bonds is 4. The first kappa shape index (κ1) is 20.9. The van der Waals surface area contributed by atoms with E-state index in [0.717, 1.165) is 34.1 Å². The van der Waals surface area contributed by atoms with Gasteiger partial charge in [0.05, 0.1) is 24.9 Å². The molecular formula is C20H24BrClN2O2. The quantitative estimate of drug-likeness (QED) is 0.768. The summed E-state index contributed by atoms with van der Waals surface area (Å²) in [5.74, 6) is 0. The Morgan fingerprint density at radius 2 is 1.96 bits per heavy atom. The highest BCUT2D eigenvalue weighted by Gasteiger charge is 2.25. The van der Waals surface area contributed by atoms with Crippen LogP contribution < -0.4 is 4.90 Å². The first-order valence-corrected chi connectivity index (χ1v) is 9.63. The van der Waals surface area contributed by atoms with Gasteiger partial charge in [-0.15, -0.1) is 0 Å². The number of hydrogen-bond donors (Lipinski definition) is 1. The summed E-state index contributed by atoms with van der Waals surface area (Å²) in [7, 11) is 3.10. The lowest BCUT2D eigenvalue weighted by molar-refractivity contribution is 0.134. The van der Waals surface area contributed by atoms with Crippen LogP contribution in [0.25, 0.3) is 0 Å². The van der Waals surface area contributed by atoms with E-state index < -0.39 is 0 Å². The fourth-order valence-electron chi connectivity index (χ4n) is 2.91. The van der Waals surface area contributed by atoms with Crippen LogP contribution >= 0.6 is 27.5 Å². The lowest BCUT2D eigenvalue weighted by atomic mass is 10.00. The molecule has 3 rings (SSSR count). The molecule has 1 unspecified atom stereocenters. The molecule has 2 aromatic carbocycles. The van der Waals surface area contributed by atoms with Crippen LogP contribution in [0.4, 0.5) is 5.69 Å². The molecular weight excluding hydrogens is 416 g/mol. The van der Waals surface area contributed by atoms with Crippen LogP contribution in [0.3, 0.4) is 0 Å². The number of aliphatic hydroxyl groups excluding tert-OH is 1. The second kappa shape index (κ2) is 10.1. The molecule has 0 spiro atoms. The zero-order valence-corrected chi connectivity index (χ0v) is 17.6. The molecule has 0 amide bonds. The van der Waals surface area contributed by atoms with Crippen molar-refractivity contribution >= 4 is 38.9 Å². The number of ether oxygens (including phenoxy) is 1. The van der Waals surface area contributed by atoms with Gasteiger partial charge >= 0.3 is 0 Å². The van der Waals surface area contributed by atoms with E-state index in [-0.39, 0.29) is 6.04 Å². The van der Waals surface area contributed by atoms with Crippen molar-refractivity contribution in [2.45, 2.75) is 13.0 Å². The third-order valence-electron chi connectivity index (χ3n) is 4.24. The van der Waals surface area contributed by atoms with Crippen LogP contribution in [0.15, 0.2) is 51.9 Å². The summed E-state index contributed by atoms with van der Waals surface area (Å²) in [4.78, 5) is 7.17. The zero-order valence-electron chi connectivity index (χ0n) is 15.2. The van der Waals surface area contributed by atoms with E-state index in [1.807, 2.05) is 31.2 Å². The summed E-state index contributed by atoms with van der Waals surface area (Å²) >= 11 is 10.0.